The highest BCUT2D eigenvalue weighted by Gasteiger charge is 2.24. The Balaban J connectivity index is 2.40. The van der Waals surface area contributed by atoms with Crippen molar-refractivity contribution in [2.45, 2.75) is 18.7 Å². The molecule has 0 radical (unpaired) electrons. The Labute approximate surface area is 128 Å². The number of hydrogen-bond acceptors (Lipinski definition) is 4. The number of halogens is 1. The van der Waals surface area contributed by atoms with E-state index in [1.54, 1.807) is 33.0 Å². The smallest absolute Gasteiger partial charge is 0.265 e. The zero-order valence-corrected chi connectivity index (χ0v) is 13.7. The van der Waals surface area contributed by atoms with Crippen molar-refractivity contribution < 1.29 is 13.2 Å². The average molecular weight is 330 g/mol. The topological polar surface area (TPSA) is 73.2 Å². The minimum atomic E-state index is -3.72. The Hall–Kier alpha value is -1.73. The van der Waals surface area contributed by atoms with E-state index in [0.717, 1.165) is 0 Å². The molecule has 114 valence electrons. The van der Waals surface area contributed by atoms with Crippen molar-refractivity contribution >= 4 is 27.3 Å². The number of benzene rings is 1. The van der Waals surface area contributed by atoms with Gasteiger partial charge in [-0.1, -0.05) is 11.6 Å². The third kappa shape index (κ3) is 2.98. The first-order valence-corrected chi connectivity index (χ1v) is 7.99. The van der Waals surface area contributed by atoms with Gasteiger partial charge in [-0.25, -0.2) is 8.42 Å². The first kappa shape index (κ1) is 15.7. The number of nitrogens with one attached hydrogen (secondary N) is 1. The highest BCUT2D eigenvalue weighted by atomic mass is 35.5. The molecule has 1 heterocycles. The third-order valence-electron chi connectivity index (χ3n) is 3.12. The van der Waals surface area contributed by atoms with Crippen LogP contribution in [0.15, 0.2) is 23.1 Å². The highest BCUT2D eigenvalue weighted by Crippen LogP contribution is 2.29. The standard InChI is InChI=1S/C13H16ClN3O3S/c1-8-13(9(2)17(3)15-8)21(18,19)16-10-5-6-12(20-4)11(14)7-10/h5-7,16H,1-4H3. The van der Waals surface area contributed by atoms with E-state index in [2.05, 4.69) is 9.82 Å². The van der Waals surface area contributed by atoms with Gasteiger partial charge in [-0.15, -0.1) is 0 Å². The molecule has 0 saturated heterocycles. The molecule has 1 aromatic carbocycles. The number of hydrogen-bond donors (Lipinski definition) is 1. The summed E-state index contributed by atoms with van der Waals surface area (Å²) in [6.45, 7) is 3.36. The lowest BCUT2D eigenvalue weighted by atomic mass is 10.3. The number of aryl methyl sites for hydroxylation is 2. The lowest BCUT2D eigenvalue weighted by molar-refractivity contribution is 0.415. The molecular formula is C13H16ClN3O3S. The number of nitrogens with zero attached hydrogens (tertiary/aromatic N) is 2. The number of methoxy groups -OCH3 is 1. The van der Waals surface area contributed by atoms with E-state index in [1.165, 1.54) is 17.9 Å². The molecule has 0 saturated carbocycles. The minimum Gasteiger partial charge on any atom is -0.495 e. The van der Waals surface area contributed by atoms with E-state index < -0.39 is 10.0 Å². The summed E-state index contributed by atoms with van der Waals surface area (Å²) >= 11 is 5.99. The van der Waals surface area contributed by atoms with Crippen molar-refractivity contribution in [1.82, 2.24) is 9.78 Å². The number of ether oxygens (including phenoxy) is 1. The first-order chi connectivity index (χ1) is 9.76. The number of rotatable bonds is 4. The predicted molar refractivity (Wildman–Crippen MR) is 81.5 cm³/mol. The van der Waals surface area contributed by atoms with Crippen molar-refractivity contribution in [2.24, 2.45) is 7.05 Å². The van der Waals surface area contributed by atoms with E-state index in [-0.39, 0.29) is 4.90 Å². The molecule has 0 aliphatic heterocycles. The molecule has 2 rings (SSSR count). The van der Waals surface area contributed by atoms with Gasteiger partial charge in [0.15, 0.2) is 0 Å². The van der Waals surface area contributed by atoms with Gasteiger partial charge >= 0.3 is 0 Å². The van der Waals surface area contributed by atoms with Crippen LogP contribution in [0.2, 0.25) is 5.02 Å². The monoisotopic (exact) mass is 329 g/mol. The van der Waals surface area contributed by atoms with Crippen LogP contribution in [0.25, 0.3) is 0 Å². The van der Waals surface area contributed by atoms with Gasteiger partial charge in [0.25, 0.3) is 10.0 Å². The highest BCUT2D eigenvalue weighted by molar-refractivity contribution is 7.92. The van der Waals surface area contributed by atoms with Gasteiger partial charge in [-0.3, -0.25) is 9.40 Å². The van der Waals surface area contributed by atoms with Crippen LogP contribution in [-0.4, -0.2) is 25.3 Å². The summed E-state index contributed by atoms with van der Waals surface area (Å²) < 4.78 is 34.0. The summed E-state index contributed by atoms with van der Waals surface area (Å²) in [7, 11) is -0.529. The molecule has 8 heteroatoms. The molecule has 1 N–H and O–H groups in total. The molecule has 0 aliphatic carbocycles. The van der Waals surface area contributed by atoms with Gasteiger partial charge < -0.3 is 4.74 Å². The average Bonchev–Trinajstić information content (AvgIpc) is 2.63. The lowest BCUT2D eigenvalue weighted by Crippen LogP contribution is -2.15. The fraction of sp³-hybridized carbons (Fsp3) is 0.308. The number of aromatic nitrogens is 2. The lowest BCUT2D eigenvalue weighted by Gasteiger charge is -2.10. The second kappa shape index (κ2) is 5.57. The van der Waals surface area contributed by atoms with E-state index in [9.17, 15) is 8.42 Å². The van der Waals surface area contributed by atoms with Crippen LogP contribution >= 0.6 is 11.6 Å². The molecule has 0 bridgehead atoms. The molecule has 0 fully saturated rings. The van der Waals surface area contributed by atoms with Gasteiger partial charge in [0.05, 0.1) is 29.2 Å². The Morgan fingerprint density at radius 1 is 1.33 bits per heavy atom. The predicted octanol–water partition coefficient (Wildman–Crippen LogP) is 2.50. The molecular weight excluding hydrogens is 314 g/mol. The van der Waals surface area contributed by atoms with Crippen molar-refractivity contribution in [2.75, 3.05) is 11.8 Å². The summed E-state index contributed by atoms with van der Waals surface area (Å²) in [6, 6.07) is 4.69. The molecule has 6 nitrogen and oxygen atoms in total. The van der Waals surface area contributed by atoms with Gasteiger partial charge in [-0.2, -0.15) is 5.10 Å². The fourth-order valence-corrected chi connectivity index (χ4v) is 3.83. The molecule has 0 spiro atoms. The van der Waals surface area contributed by atoms with Crippen molar-refractivity contribution in [3.8, 4) is 5.75 Å². The van der Waals surface area contributed by atoms with Crippen LogP contribution < -0.4 is 9.46 Å². The largest absolute Gasteiger partial charge is 0.495 e. The second-order valence-electron chi connectivity index (χ2n) is 4.58. The van der Waals surface area contributed by atoms with Gasteiger partial charge in [0.2, 0.25) is 0 Å². The van der Waals surface area contributed by atoms with Crippen molar-refractivity contribution in [1.29, 1.82) is 0 Å². The van der Waals surface area contributed by atoms with Crippen molar-refractivity contribution in [3.05, 3.63) is 34.6 Å². The maximum Gasteiger partial charge on any atom is 0.265 e. The van der Waals surface area contributed by atoms with E-state index in [0.29, 0.717) is 27.8 Å². The van der Waals surface area contributed by atoms with Crippen LogP contribution in [0.3, 0.4) is 0 Å². The van der Waals surface area contributed by atoms with Crippen LogP contribution in [0, 0.1) is 13.8 Å². The van der Waals surface area contributed by atoms with E-state index >= 15 is 0 Å². The zero-order valence-electron chi connectivity index (χ0n) is 12.1. The van der Waals surface area contributed by atoms with Crippen LogP contribution in [-0.2, 0) is 17.1 Å². The molecule has 0 unspecified atom stereocenters. The van der Waals surface area contributed by atoms with Gasteiger partial charge in [0, 0.05) is 7.05 Å². The third-order valence-corrected chi connectivity index (χ3v) is 5.04. The normalized spacial score (nSPS) is 11.5. The Bertz CT molecular complexity index is 784. The summed E-state index contributed by atoms with van der Waals surface area (Å²) in [6.07, 6.45) is 0. The minimum absolute atomic E-state index is 0.178. The zero-order chi connectivity index (χ0) is 15.8. The summed E-state index contributed by atoms with van der Waals surface area (Å²) in [5, 5.41) is 4.45. The number of anilines is 1. The Morgan fingerprint density at radius 3 is 2.48 bits per heavy atom. The molecule has 0 atom stereocenters. The summed E-state index contributed by atoms with van der Waals surface area (Å²) in [5.74, 6) is 0.480. The van der Waals surface area contributed by atoms with Crippen LogP contribution in [0.1, 0.15) is 11.4 Å². The van der Waals surface area contributed by atoms with Crippen LogP contribution in [0.5, 0.6) is 5.75 Å². The van der Waals surface area contributed by atoms with Gasteiger partial charge in [-0.05, 0) is 32.0 Å². The SMILES string of the molecule is COc1ccc(NS(=O)(=O)c2c(C)nn(C)c2C)cc1Cl. The Kier molecular flexibility index (Phi) is 4.15. The van der Waals surface area contributed by atoms with Gasteiger partial charge in [0.1, 0.15) is 10.6 Å². The summed E-state index contributed by atoms with van der Waals surface area (Å²) in [4.78, 5) is 0.178. The molecule has 0 amide bonds. The Morgan fingerprint density at radius 2 is 2.00 bits per heavy atom. The fourth-order valence-electron chi connectivity index (χ4n) is 2.08. The maximum absolute atomic E-state index is 12.5. The van der Waals surface area contributed by atoms with Crippen LogP contribution in [0.4, 0.5) is 5.69 Å². The van der Waals surface area contributed by atoms with E-state index in [1.807, 2.05) is 0 Å². The van der Waals surface area contributed by atoms with E-state index in [4.69, 9.17) is 16.3 Å². The summed E-state index contributed by atoms with van der Waals surface area (Å²) in [5.41, 5.74) is 1.38. The molecule has 2 aromatic rings. The molecule has 0 aliphatic rings. The molecule has 1 aromatic heterocycles. The quantitative estimate of drug-likeness (QED) is 0.935. The second-order valence-corrected chi connectivity index (χ2v) is 6.60. The van der Waals surface area contributed by atoms with Crippen molar-refractivity contribution in [3.63, 3.8) is 0 Å². The number of sulfonamides is 1. The molecule has 21 heavy (non-hydrogen) atoms. The maximum atomic E-state index is 12.5. The first-order valence-electron chi connectivity index (χ1n) is 6.13.